The molecule has 1 amide bonds. The van der Waals surface area contributed by atoms with Crippen molar-refractivity contribution >= 4 is 17.5 Å². The molecule has 0 aliphatic rings. The molecule has 3 aromatic rings. The first kappa shape index (κ1) is 16.2. The Morgan fingerprint density at radius 1 is 1.25 bits per heavy atom. The van der Waals surface area contributed by atoms with Crippen LogP contribution in [0.5, 0.6) is 0 Å². The first-order chi connectivity index (χ1) is 11.6. The van der Waals surface area contributed by atoms with Gasteiger partial charge in [-0.05, 0) is 35.9 Å². The molecule has 1 atom stereocenters. The minimum Gasteiger partial charge on any atom is -0.387 e. The SMILES string of the molecule is O=C(NCC(O)c1ccc(Cl)cc1)c1cccc(-n2ccnc2)c1. The number of nitrogens with zero attached hydrogens (tertiary/aromatic N) is 2. The summed E-state index contributed by atoms with van der Waals surface area (Å²) >= 11 is 5.82. The summed E-state index contributed by atoms with van der Waals surface area (Å²) in [5, 5.41) is 13.5. The summed E-state index contributed by atoms with van der Waals surface area (Å²) in [6.45, 7) is 0.121. The summed E-state index contributed by atoms with van der Waals surface area (Å²) in [5.74, 6) is -0.245. The summed E-state index contributed by atoms with van der Waals surface area (Å²) in [6, 6.07) is 14.1. The maximum Gasteiger partial charge on any atom is 0.251 e. The molecule has 0 spiro atoms. The summed E-state index contributed by atoms with van der Waals surface area (Å²) < 4.78 is 1.82. The number of carbonyl (C=O) groups excluding carboxylic acids is 1. The zero-order valence-corrected chi connectivity index (χ0v) is 13.5. The van der Waals surface area contributed by atoms with Gasteiger partial charge < -0.3 is 15.0 Å². The lowest BCUT2D eigenvalue weighted by Gasteiger charge is -2.13. The highest BCUT2D eigenvalue weighted by molar-refractivity contribution is 6.30. The Morgan fingerprint density at radius 3 is 2.75 bits per heavy atom. The van der Waals surface area contributed by atoms with Gasteiger partial charge in [-0.2, -0.15) is 0 Å². The van der Waals surface area contributed by atoms with Crippen molar-refractivity contribution in [2.75, 3.05) is 6.54 Å². The first-order valence-electron chi connectivity index (χ1n) is 7.43. The second-order valence-corrected chi connectivity index (χ2v) is 5.73. The molecule has 0 radical (unpaired) electrons. The van der Waals surface area contributed by atoms with Crippen molar-refractivity contribution in [2.24, 2.45) is 0 Å². The predicted molar refractivity (Wildman–Crippen MR) is 92.3 cm³/mol. The molecule has 5 nitrogen and oxygen atoms in total. The third-order valence-corrected chi connectivity index (χ3v) is 3.87. The van der Waals surface area contributed by atoms with E-state index in [0.717, 1.165) is 5.69 Å². The lowest BCUT2D eigenvalue weighted by molar-refractivity contribution is 0.0916. The van der Waals surface area contributed by atoms with E-state index < -0.39 is 6.10 Å². The van der Waals surface area contributed by atoms with E-state index in [2.05, 4.69) is 10.3 Å². The fourth-order valence-corrected chi connectivity index (χ4v) is 2.44. The molecule has 0 saturated heterocycles. The zero-order chi connectivity index (χ0) is 16.9. The second-order valence-electron chi connectivity index (χ2n) is 5.30. The van der Waals surface area contributed by atoms with Crippen molar-refractivity contribution in [2.45, 2.75) is 6.10 Å². The molecule has 1 heterocycles. The molecule has 122 valence electrons. The Kier molecular flexibility index (Phi) is 4.93. The number of halogens is 1. The fraction of sp³-hybridized carbons (Fsp3) is 0.111. The Bertz CT molecular complexity index is 817. The summed E-state index contributed by atoms with van der Waals surface area (Å²) in [7, 11) is 0. The van der Waals surface area contributed by atoms with Gasteiger partial charge >= 0.3 is 0 Å². The van der Waals surface area contributed by atoms with Crippen molar-refractivity contribution in [1.82, 2.24) is 14.9 Å². The van der Waals surface area contributed by atoms with E-state index >= 15 is 0 Å². The Hall–Kier alpha value is -2.63. The number of hydrogen-bond acceptors (Lipinski definition) is 3. The maximum absolute atomic E-state index is 12.3. The lowest BCUT2D eigenvalue weighted by Crippen LogP contribution is -2.28. The molecule has 2 N–H and O–H groups in total. The molecule has 6 heteroatoms. The van der Waals surface area contributed by atoms with Crippen LogP contribution in [0.25, 0.3) is 5.69 Å². The first-order valence-corrected chi connectivity index (χ1v) is 7.81. The monoisotopic (exact) mass is 341 g/mol. The van der Waals surface area contributed by atoms with E-state index in [1.165, 1.54) is 0 Å². The van der Waals surface area contributed by atoms with Crippen LogP contribution in [0.2, 0.25) is 5.02 Å². The molecule has 0 bridgehead atoms. The maximum atomic E-state index is 12.3. The number of amides is 1. The smallest absolute Gasteiger partial charge is 0.251 e. The molecular formula is C18H16ClN3O2. The van der Waals surface area contributed by atoms with Gasteiger partial charge in [0.2, 0.25) is 0 Å². The molecule has 1 aromatic heterocycles. The average Bonchev–Trinajstić information content (AvgIpc) is 3.15. The van der Waals surface area contributed by atoms with Crippen LogP contribution in [0, 0.1) is 0 Å². The second kappa shape index (κ2) is 7.29. The number of aliphatic hydroxyl groups excluding tert-OH is 1. The van der Waals surface area contributed by atoms with Crippen LogP contribution >= 0.6 is 11.6 Å². The van der Waals surface area contributed by atoms with Gasteiger partial charge in [0.1, 0.15) is 0 Å². The number of rotatable bonds is 5. The van der Waals surface area contributed by atoms with Crippen LogP contribution in [-0.2, 0) is 0 Å². The van der Waals surface area contributed by atoms with Crippen LogP contribution in [0.1, 0.15) is 22.0 Å². The number of hydrogen-bond donors (Lipinski definition) is 2. The third kappa shape index (κ3) is 3.82. The number of imidazole rings is 1. The molecule has 1 unspecified atom stereocenters. The topological polar surface area (TPSA) is 67.2 Å². The van der Waals surface area contributed by atoms with Gasteiger partial charge in [0.15, 0.2) is 0 Å². The Labute approximate surface area is 144 Å². The van der Waals surface area contributed by atoms with Gasteiger partial charge in [-0.3, -0.25) is 4.79 Å². The van der Waals surface area contributed by atoms with E-state index in [1.54, 1.807) is 61.2 Å². The molecule has 2 aromatic carbocycles. The van der Waals surface area contributed by atoms with Crippen LogP contribution in [-0.4, -0.2) is 27.1 Å². The van der Waals surface area contributed by atoms with Crippen LogP contribution in [0.15, 0.2) is 67.3 Å². The van der Waals surface area contributed by atoms with E-state index in [0.29, 0.717) is 16.1 Å². The number of nitrogens with one attached hydrogen (secondary N) is 1. The van der Waals surface area contributed by atoms with Crippen LogP contribution < -0.4 is 5.32 Å². The van der Waals surface area contributed by atoms with Crippen molar-refractivity contribution in [3.8, 4) is 5.69 Å². The molecule has 0 saturated carbocycles. The summed E-state index contributed by atoms with van der Waals surface area (Å²) in [5.41, 5.74) is 2.06. The quantitative estimate of drug-likeness (QED) is 0.749. The Balaban J connectivity index is 1.65. The number of aliphatic hydroxyl groups is 1. The van der Waals surface area contributed by atoms with Gasteiger partial charge in [-0.1, -0.05) is 29.8 Å². The summed E-state index contributed by atoms with van der Waals surface area (Å²) in [6.07, 6.45) is 4.36. The lowest BCUT2D eigenvalue weighted by atomic mass is 10.1. The molecule has 0 aliphatic carbocycles. The van der Waals surface area contributed by atoms with E-state index in [-0.39, 0.29) is 12.5 Å². The van der Waals surface area contributed by atoms with E-state index in [9.17, 15) is 9.90 Å². The fourth-order valence-electron chi connectivity index (χ4n) is 2.31. The van der Waals surface area contributed by atoms with Gasteiger partial charge in [-0.25, -0.2) is 4.98 Å². The molecule has 24 heavy (non-hydrogen) atoms. The molecule has 0 aliphatic heterocycles. The van der Waals surface area contributed by atoms with Crippen molar-refractivity contribution in [3.05, 3.63) is 83.4 Å². The summed E-state index contributed by atoms with van der Waals surface area (Å²) in [4.78, 5) is 16.3. The van der Waals surface area contributed by atoms with Gasteiger partial charge in [-0.15, -0.1) is 0 Å². The van der Waals surface area contributed by atoms with E-state index in [1.807, 2.05) is 10.6 Å². The highest BCUT2D eigenvalue weighted by atomic mass is 35.5. The van der Waals surface area contributed by atoms with Gasteiger partial charge in [0.05, 0.1) is 12.4 Å². The highest BCUT2D eigenvalue weighted by Gasteiger charge is 2.11. The largest absolute Gasteiger partial charge is 0.387 e. The van der Waals surface area contributed by atoms with Crippen LogP contribution in [0.3, 0.4) is 0 Å². The number of carbonyl (C=O) groups is 1. The normalized spacial score (nSPS) is 11.9. The third-order valence-electron chi connectivity index (χ3n) is 3.62. The minimum absolute atomic E-state index is 0.121. The van der Waals surface area contributed by atoms with Crippen molar-refractivity contribution < 1.29 is 9.90 Å². The molecule has 3 rings (SSSR count). The van der Waals surface area contributed by atoms with Crippen molar-refractivity contribution in [3.63, 3.8) is 0 Å². The molecular weight excluding hydrogens is 326 g/mol. The number of aromatic nitrogens is 2. The Morgan fingerprint density at radius 2 is 2.04 bits per heavy atom. The standard InChI is InChI=1S/C18H16ClN3O2/c19-15-6-4-13(5-7-15)17(23)11-21-18(24)14-2-1-3-16(10-14)22-9-8-20-12-22/h1-10,12,17,23H,11H2,(H,21,24). The van der Waals surface area contributed by atoms with Crippen molar-refractivity contribution in [1.29, 1.82) is 0 Å². The minimum atomic E-state index is -0.789. The van der Waals surface area contributed by atoms with Gasteiger partial charge in [0, 0.05) is 35.2 Å². The van der Waals surface area contributed by atoms with Gasteiger partial charge in [0.25, 0.3) is 5.91 Å². The molecule has 0 fully saturated rings. The zero-order valence-electron chi connectivity index (χ0n) is 12.8. The predicted octanol–water partition coefficient (Wildman–Crippen LogP) is 2.99. The average molecular weight is 342 g/mol. The van der Waals surface area contributed by atoms with Crippen LogP contribution in [0.4, 0.5) is 0 Å². The highest BCUT2D eigenvalue weighted by Crippen LogP contribution is 2.16. The number of benzene rings is 2. The van der Waals surface area contributed by atoms with E-state index in [4.69, 9.17) is 11.6 Å².